The maximum Gasteiger partial charge on any atom is 0.323 e. The Morgan fingerprint density at radius 2 is 1.95 bits per heavy atom. The van der Waals surface area contributed by atoms with Crippen molar-refractivity contribution in [1.29, 1.82) is 0 Å². The minimum absolute atomic E-state index is 0.0127. The van der Waals surface area contributed by atoms with E-state index in [4.69, 9.17) is 0 Å². The van der Waals surface area contributed by atoms with Gasteiger partial charge in [0.15, 0.2) is 0 Å². The third-order valence-electron chi connectivity index (χ3n) is 6.58. The molecule has 0 saturated carbocycles. The fraction of sp³-hybridized carbons (Fsp3) is 0.370. The van der Waals surface area contributed by atoms with E-state index in [1.807, 2.05) is 29.9 Å². The summed E-state index contributed by atoms with van der Waals surface area (Å²) in [6.07, 6.45) is 6.32. The molecule has 2 aromatic carbocycles. The molecule has 1 aromatic heterocycles. The Kier molecular flexibility index (Phi) is 9.20. The third-order valence-corrected chi connectivity index (χ3v) is 8.36. The van der Waals surface area contributed by atoms with Crippen LogP contribution in [0.3, 0.4) is 0 Å². The zero-order valence-corrected chi connectivity index (χ0v) is 23.5. The Morgan fingerprint density at radius 3 is 2.62 bits per heavy atom. The number of hydrogen-bond acceptors (Lipinski definition) is 8. The van der Waals surface area contributed by atoms with Crippen LogP contribution in [0.25, 0.3) is 10.9 Å². The Labute approximate surface area is 233 Å². The summed E-state index contributed by atoms with van der Waals surface area (Å²) in [5.74, 6) is -1.93. The van der Waals surface area contributed by atoms with Crippen LogP contribution in [-0.2, 0) is 21.4 Å². The van der Waals surface area contributed by atoms with Crippen LogP contribution in [0.2, 0.25) is 0 Å². The van der Waals surface area contributed by atoms with Gasteiger partial charge in [0, 0.05) is 31.6 Å². The van der Waals surface area contributed by atoms with Crippen LogP contribution >= 0.6 is 0 Å². The van der Waals surface area contributed by atoms with Crippen molar-refractivity contribution in [3.8, 4) is 0 Å². The van der Waals surface area contributed by atoms with Gasteiger partial charge in [-0.2, -0.15) is 9.82 Å². The summed E-state index contributed by atoms with van der Waals surface area (Å²) >= 11 is 0. The van der Waals surface area contributed by atoms with Crippen LogP contribution in [0.4, 0.5) is 0 Å². The summed E-state index contributed by atoms with van der Waals surface area (Å²) in [4.78, 5) is 25.0. The van der Waals surface area contributed by atoms with E-state index in [1.54, 1.807) is 44.3 Å². The molecule has 6 N–H and O–H groups in total. The zero-order valence-electron chi connectivity index (χ0n) is 22.7. The fourth-order valence-electron chi connectivity index (χ4n) is 4.86. The lowest BCUT2D eigenvalue weighted by atomic mass is 10.1. The van der Waals surface area contributed by atoms with E-state index in [9.17, 15) is 23.1 Å². The maximum absolute atomic E-state index is 13.1. The van der Waals surface area contributed by atoms with Gasteiger partial charge in [-0.25, -0.2) is 8.42 Å². The van der Waals surface area contributed by atoms with Crippen LogP contribution in [0, 0.1) is 20.8 Å². The number of aromatic nitrogens is 2. The number of nitrogens with one attached hydrogen (secondary N) is 5. The van der Waals surface area contributed by atoms with Gasteiger partial charge in [0.2, 0.25) is 10.0 Å². The van der Waals surface area contributed by atoms with E-state index in [1.165, 1.54) is 0 Å². The van der Waals surface area contributed by atoms with Gasteiger partial charge in [0.25, 0.3) is 5.91 Å². The van der Waals surface area contributed by atoms with Gasteiger partial charge < -0.3 is 15.7 Å². The maximum atomic E-state index is 13.1. The van der Waals surface area contributed by atoms with E-state index < -0.39 is 34.5 Å². The lowest BCUT2D eigenvalue weighted by Crippen LogP contribution is -2.53. The molecule has 0 spiro atoms. The molecule has 40 heavy (non-hydrogen) atoms. The third kappa shape index (κ3) is 6.86. The molecule has 4 rings (SSSR count). The van der Waals surface area contributed by atoms with Gasteiger partial charge >= 0.3 is 5.97 Å². The first-order valence-electron chi connectivity index (χ1n) is 13.0. The van der Waals surface area contributed by atoms with Crippen molar-refractivity contribution in [2.75, 3.05) is 19.6 Å². The van der Waals surface area contributed by atoms with Crippen molar-refractivity contribution in [3.05, 3.63) is 71.1 Å². The first-order valence-corrected chi connectivity index (χ1v) is 14.5. The molecular formula is C27H35N7O5S. The number of amides is 1. The smallest absolute Gasteiger partial charge is 0.323 e. The van der Waals surface area contributed by atoms with E-state index >= 15 is 0 Å². The van der Waals surface area contributed by atoms with Crippen molar-refractivity contribution in [2.24, 2.45) is 0 Å². The van der Waals surface area contributed by atoms with E-state index in [-0.39, 0.29) is 11.2 Å². The second-order valence-electron chi connectivity index (χ2n) is 9.77. The predicted octanol–water partition coefficient (Wildman–Crippen LogP) is 1.09. The number of carboxylic acid groups (broad SMARTS) is 1. The molecule has 1 aliphatic rings. The average Bonchev–Trinajstić information content (AvgIpc) is 3.31. The topological polar surface area (TPSA) is 166 Å². The molecule has 3 aromatic rings. The highest BCUT2D eigenvalue weighted by atomic mass is 32.2. The highest BCUT2D eigenvalue weighted by Gasteiger charge is 2.28. The van der Waals surface area contributed by atoms with Crippen molar-refractivity contribution in [2.45, 2.75) is 51.0 Å². The molecule has 0 fully saturated rings. The van der Waals surface area contributed by atoms with Gasteiger partial charge in [-0.05, 0) is 56.7 Å². The Balaban J connectivity index is 1.40. The van der Waals surface area contributed by atoms with E-state index in [0.29, 0.717) is 28.6 Å². The fourth-order valence-corrected chi connectivity index (χ4v) is 6.50. The molecule has 214 valence electrons. The zero-order chi connectivity index (χ0) is 28.9. The van der Waals surface area contributed by atoms with Gasteiger partial charge in [0.1, 0.15) is 12.3 Å². The van der Waals surface area contributed by atoms with Gasteiger partial charge in [-0.1, -0.05) is 29.8 Å². The van der Waals surface area contributed by atoms with Crippen LogP contribution in [0.1, 0.15) is 33.5 Å². The van der Waals surface area contributed by atoms with E-state index in [2.05, 4.69) is 31.1 Å². The lowest BCUT2D eigenvalue weighted by Gasteiger charge is -2.22. The normalized spacial score (nSPS) is 16.0. The second-order valence-corrected chi connectivity index (χ2v) is 11.4. The molecule has 13 heteroatoms. The van der Waals surface area contributed by atoms with Gasteiger partial charge in [-0.15, -0.1) is 0 Å². The number of aliphatic carboxylic acids is 1. The number of carbonyl (C=O) groups excluding carboxylic acids is 1. The number of aryl methyl sites for hydroxylation is 4. The quantitative estimate of drug-likeness (QED) is 0.175. The number of fused-ring (bicyclic) bond motifs is 1. The lowest BCUT2D eigenvalue weighted by molar-refractivity contribution is -0.138. The molecule has 0 bridgehead atoms. The Morgan fingerprint density at radius 1 is 1.20 bits per heavy atom. The van der Waals surface area contributed by atoms with Crippen LogP contribution in [-0.4, -0.2) is 67.1 Å². The van der Waals surface area contributed by atoms with Crippen LogP contribution in [0.5, 0.6) is 0 Å². The Hall–Kier alpha value is -3.78. The standard InChI is InChI=1S/C27H35N7O5S/c1-17-13-18(2)24(19(3)14-17)40(38,39)33-22(26(36)37)16-31-25(35)20-7-4-8-23-21(20)15-32-34(23)12-6-11-30-27-28-9-5-10-29-27/h4-5,7-9,13-15,22,27-30,33H,6,10-12,16H2,1-3H3,(H,31,35)(H,36,37). The first kappa shape index (κ1) is 29.2. The number of nitrogens with zero attached hydrogens (tertiary/aromatic N) is 2. The minimum atomic E-state index is -4.16. The number of rotatable bonds is 12. The minimum Gasteiger partial charge on any atom is -0.480 e. The predicted molar refractivity (Wildman–Crippen MR) is 151 cm³/mol. The number of hydrogen-bond donors (Lipinski definition) is 6. The monoisotopic (exact) mass is 569 g/mol. The molecule has 0 saturated heterocycles. The molecular weight excluding hydrogens is 534 g/mol. The molecule has 2 atom stereocenters. The largest absolute Gasteiger partial charge is 0.480 e. The van der Waals surface area contributed by atoms with Gasteiger partial charge in [0.05, 0.1) is 22.2 Å². The molecule has 2 heterocycles. The molecule has 1 amide bonds. The summed E-state index contributed by atoms with van der Waals surface area (Å²) in [7, 11) is -4.16. The number of sulfonamides is 1. The average molecular weight is 570 g/mol. The molecule has 1 aliphatic heterocycles. The van der Waals surface area contributed by atoms with Crippen LogP contribution in [0.15, 0.2) is 53.7 Å². The summed E-state index contributed by atoms with van der Waals surface area (Å²) < 4.78 is 30.2. The summed E-state index contributed by atoms with van der Waals surface area (Å²) in [5.41, 5.74) is 3.01. The highest BCUT2D eigenvalue weighted by Crippen LogP contribution is 2.22. The van der Waals surface area contributed by atoms with Gasteiger partial charge in [-0.3, -0.25) is 24.9 Å². The number of benzene rings is 2. The summed E-state index contributed by atoms with van der Waals surface area (Å²) in [6, 6.07) is 7.10. The second kappa shape index (κ2) is 12.6. The van der Waals surface area contributed by atoms with Crippen molar-refractivity contribution in [1.82, 2.24) is 35.8 Å². The molecule has 12 nitrogen and oxygen atoms in total. The summed E-state index contributed by atoms with van der Waals surface area (Å²) in [5, 5.41) is 27.1. The van der Waals surface area contributed by atoms with Crippen molar-refractivity contribution >= 4 is 32.8 Å². The molecule has 2 unspecified atom stereocenters. The number of carboxylic acids is 1. The Bertz CT molecular complexity index is 1510. The molecule has 0 aliphatic carbocycles. The van der Waals surface area contributed by atoms with Crippen LogP contribution < -0.4 is 26.0 Å². The van der Waals surface area contributed by atoms with E-state index in [0.717, 1.165) is 30.6 Å². The summed E-state index contributed by atoms with van der Waals surface area (Å²) in [6.45, 7) is 6.90. The highest BCUT2D eigenvalue weighted by molar-refractivity contribution is 7.89. The molecule has 0 radical (unpaired) electrons. The van der Waals surface area contributed by atoms with Crippen molar-refractivity contribution in [3.63, 3.8) is 0 Å². The van der Waals surface area contributed by atoms with Crippen molar-refractivity contribution < 1.29 is 23.1 Å². The first-order chi connectivity index (χ1) is 19.1. The SMILES string of the molecule is Cc1cc(C)c(S(=O)(=O)NC(CNC(=O)c2cccc3c2cnn3CCCNC2NC=CCN2)C(=O)O)c(C)c1. The number of carbonyl (C=O) groups is 2.